The summed E-state index contributed by atoms with van der Waals surface area (Å²) in [5.41, 5.74) is 2.93. The second-order valence-electron chi connectivity index (χ2n) is 7.19. The van der Waals surface area contributed by atoms with Crippen LogP contribution in [-0.2, 0) is 6.42 Å². The normalized spacial score (nSPS) is 10.6. The fraction of sp³-hybridized carbons (Fsp3) is 0.240. The molecule has 0 spiro atoms. The Kier molecular flexibility index (Phi) is 7.13. The van der Waals surface area contributed by atoms with Crippen LogP contribution in [0.2, 0.25) is 0 Å². The Morgan fingerprint density at radius 2 is 1.77 bits per heavy atom. The van der Waals surface area contributed by atoms with Gasteiger partial charge in [-0.05, 0) is 42.7 Å². The monoisotopic (exact) mass is 420 g/mol. The minimum absolute atomic E-state index is 0.00665. The van der Waals surface area contributed by atoms with Crippen molar-refractivity contribution in [2.45, 2.75) is 19.8 Å². The van der Waals surface area contributed by atoms with Crippen LogP contribution in [0, 0.1) is 5.82 Å². The van der Waals surface area contributed by atoms with Crippen molar-refractivity contribution < 1.29 is 18.7 Å². The number of hydrogen-bond donors (Lipinski definition) is 0. The van der Waals surface area contributed by atoms with E-state index in [2.05, 4.69) is 4.98 Å². The van der Waals surface area contributed by atoms with Gasteiger partial charge in [-0.3, -0.25) is 9.59 Å². The summed E-state index contributed by atoms with van der Waals surface area (Å²) in [6.45, 7) is 2.34. The van der Waals surface area contributed by atoms with Gasteiger partial charge in [-0.15, -0.1) is 0 Å². The van der Waals surface area contributed by atoms with Gasteiger partial charge in [0.2, 0.25) is 5.88 Å². The number of ether oxygens (including phenoxy) is 1. The number of pyridine rings is 1. The zero-order valence-corrected chi connectivity index (χ0v) is 17.9. The zero-order chi connectivity index (χ0) is 22.4. The Labute approximate surface area is 181 Å². The van der Waals surface area contributed by atoms with Gasteiger partial charge in [0.1, 0.15) is 5.82 Å². The number of hydrogen-bond acceptors (Lipinski definition) is 4. The molecule has 1 heterocycles. The van der Waals surface area contributed by atoms with Gasteiger partial charge in [0.05, 0.1) is 12.7 Å². The topological polar surface area (TPSA) is 59.5 Å². The van der Waals surface area contributed by atoms with Crippen LogP contribution in [0.25, 0.3) is 11.1 Å². The third kappa shape index (κ3) is 5.15. The number of aromatic nitrogens is 1. The first-order valence-corrected chi connectivity index (χ1v) is 10.1. The van der Waals surface area contributed by atoms with E-state index in [0.717, 1.165) is 11.1 Å². The first kappa shape index (κ1) is 22.2. The highest BCUT2D eigenvalue weighted by atomic mass is 19.1. The molecule has 160 valence electrons. The van der Waals surface area contributed by atoms with E-state index in [1.807, 2.05) is 19.1 Å². The van der Waals surface area contributed by atoms with Gasteiger partial charge in [-0.25, -0.2) is 9.37 Å². The number of halogens is 1. The van der Waals surface area contributed by atoms with E-state index >= 15 is 0 Å². The van der Waals surface area contributed by atoms with Crippen LogP contribution in [0.3, 0.4) is 0 Å². The summed E-state index contributed by atoms with van der Waals surface area (Å²) in [6, 6.07) is 15.3. The van der Waals surface area contributed by atoms with Crippen LogP contribution in [-0.4, -0.2) is 42.3 Å². The lowest BCUT2D eigenvalue weighted by molar-refractivity contribution is 0.0797. The third-order valence-corrected chi connectivity index (χ3v) is 5.23. The Hall–Kier alpha value is -3.54. The van der Waals surface area contributed by atoms with E-state index in [4.69, 9.17) is 4.74 Å². The molecule has 0 aliphatic carbocycles. The predicted molar refractivity (Wildman–Crippen MR) is 118 cm³/mol. The van der Waals surface area contributed by atoms with Gasteiger partial charge in [-0.2, -0.15) is 0 Å². The van der Waals surface area contributed by atoms with Crippen molar-refractivity contribution in [3.05, 3.63) is 83.3 Å². The molecule has 2 aromatic carbocycles. The first-order valence-electron chi connectivity index (χ1n) is 10.1. The second-order valence-corrected chi connectivity index (χ2v) is 7.19. The van der Waals surface area contributed by atoms with E-state index in [1.165, 1.54) is 17.0 Å². The quantitative estimate of drug-likeness (QED) is 0.491. The molecule has 0 saturated carbocycles. The second kappa shape index (κ2) is 9.98. The summed E-state index contributed by atoms with van der Waals surface area (Å²) in [6.07, 6.45) is 2.51. The van der Waals surface area contributed by atoms with Crippen LogP contribution in [0.5, 0.6) is 5.88 Å². The number of Topliss-reactive ketones (excluding diaryl/α,β-unsaturated/α-hetero) is 1. The van der Waals surface area contributed by atoms with Crippen LogP contribution < -0.4 is 4.74 Å². The first-order chi connectivity index (χ1) is 14.9. The van der Waals surface area contributed by atoms with Gasteiger partial charge >= 0.3 is 0 Å². The van der Waals surface area contributed by atoms with Crippen LogP contribution >= 0.6 is 0 Å². The van der Waals surface area contributed by atoms with E-state index < -0.39 is 5.82 Å². The van der Waals surface area contributed by atoms with Crippen molar-refractivity contribution in [1.82, 2.24) is 9.88 Å². The highest BCUT2D eigenvalue weighted by molar-refractivity contribution is 5.97. The minimum Gasteiger partial charge on any atom is -0.481 e. The maximum atomic E-state index is 14.5. The Morgan fingerprint density at radius 1 is 1.06 bits per heavy atom. The molecule has 6 heteroatoms. The summed E-state index contributed by atoms with van der Waals surface area (Å²) in [7, 11) is 3.19. The number of nitrogens with zero attached hydrogens (tertiary/aromatic N) is 2. The smallest absolute Gasteiger partial charge is 0.256 e. The maximum Gasteiger partial charge on any atom is 0.256 e. The molecular formula is C25H25FN2O3. The van der Waals surface area contributed by atoms with Crippen molar-refractivity contribution in [2.24, 2.45) is 0 Å². The summed E-state index contributed by atoms with van der Waals surface area (Å²) in [5.74, 6) is -0.377. The molecule has 0 unspecified atom stereocenters. The van der Waals surface area contributed by atoms with Crippen molar-refractivity contribution in [3.8, 4) is 17.0 Å². The van der Waals surface area contributed by atoms with Gasteiger partial charge in [-0.1, -0.05) is 36.4 Å². The molecule has 0 N–H and O–H groups in total. The van der Waals surface area contributed by atoms with Gasteiger partial charge in [0.25, 0.3) is 5.91 Å². The molecule has 0 saturated heterocycles. The lowest BCUT2D eigenvalue weighted by atomic mass is 9.98. The van der Waals surface area contributed by atoms with Crippen molar-refractivity contribution in [3.63, 3.8) is 0 Å². The molecule has 5 nitrogen and oxygen atoms in total. The molecule has 3 rings (SSSR count). The fourth-order valence-corrected chi connectivity index (χ4v) is 3.26. The van der Waals surface area contributed by atoms with Gasteiger partial charge < -0.3 is 9.64 Å². The molecule has 0 atom stereocenters. The molecule has 0 fully saturated rings. The highest BCUT2D eigenvalue weighted by Crippen LogP contribution is 2.24. The SMILES string of the molecule is CCN(C)C(=O)c1ccc(-c2ccc(C(=O)CCc3cccnc3OC)cc2)cc1F. The average Bonchev–Trinajstić information content (AvgIpc) is 2.81. The van der Waals surface area contributed by atoms with Crippen molar-refractivity contribution in [1.29, 1.82) is 0 Å². The molecule has 0 radical (unpaired) electrons. The molecule has 3 aromatic rings. The number of ketones is 1. The molecular weight excluding hydrogens is 395 g/mol. The number of carbonyl (C=O) groups excluding carboxylic acids is 2. The summed E-state index contributed by atoms with van der Waals surface area (Å²) in [4.78, 5) is 30.4. The third-order valence-electron chi connectivity index (χ3n) is 5.23. The Balaban J connectivity index is 1.70. The summed E-state index contributed by atoms with van der Waals surface area (Å²) < 4.78 is 19.7. The van der Waals surface area contributed by atoms with Crippen LogP contribution in [0.1, 0.15) is 39.6 Å². The fourth-order valence-electron chi connectivity index (χ4n) is 3.26. The number of amides is 1. The van der Waals surface area contributed by atoms with E-state index in [0.29, 0.717) is 36.4 Å². The largest absolute Gasteiger partial charge is 0.481 e. The molecule has 0 aliphatic heterocycles. The van der Waals surface area contributed by atoms with E-state index in [1.54, 1.807) is 50.7 Å². The number of rotatable bonds is 8. The number of carbonyl (C=O) groups is 2. The molecule has 1 aromatic heterocycles. The molecule has 1 amide bonds. The summed E-state index contributed by atoms with van der Waals surface area (Å²) in [5, 5.41) is 0. The lowest BCUT2D eigenvalue weighted by Gasteiger charge is -2.15. The average molecular weight is 420 g/mol. The maximum absolute atomic E-state index is 14.5. The Morgan fingerprint density at radius 3 is 2.42 bits per heavy atom. The number of benzene rings is 2. The standard InChI is InChI=1S/C25H25FN2O3/c1-4-28(2)25(30)21-13-11-20(16-22(21)26)17-7-9-18(10-8-17)23(29)14-12-19-6-5-15-27-24(19)31-3/h5-11,13,15-16H,4,12,14H2,1-3H3. The number of aryl methyl sites for hydroxylation is 1. The lowest BCUT2D eigenvalue weighted by Crippen LogP contribution is -2.27. The highest BCUT2D eigenvalue weighted by Gasteiger charge is 2.16. The zero-order valence-electron chi connectivity index (χ0n) is 17.9. The van der Waals surface area contributed by atoms with Gasteiger partial charge in [0, 0.05) is 37.3 Å². The van der Waals surface area contributed by atoms with E-state index in [-0.39, 0.29) is 17.3 Å². The van der Waals surface area contributed by atoms with Crippen LogP contribution in [0.15, 0.2) is 60.8 Å². The van der Waals surface area contributed by atoms with Crippen LogP contribution in [0.4, 0.5) is 4.39 Å². The van der Waals surface area contributed by atoms with Gasteiger partial charge in [0.15, 0.2) is 5.78 Å². The minimum atomic E-state index is -0.562. The van der Waals surface area contributed by atoms with Crippen molar-refractivity contribution in [2.75, 3.05) is 20.7 Å². The van der Waals surface area contributed by atoms with E-state index in [9.17, 15) is 14.0 Å². The number of methoxy groups -OCH3 is 1. The molecule has 0 aliphatic rings. The molecule has 31 heavy (non-hydrogen) atoms. The Bertz CT molecular complexity index is 1080. The molecule has 0 bridgehead atoms. The van der Waals surface area contributed by atoms with Crippen molar-refractivity contribution >= 4 is 11.7 Å². The predicted octanol–water partition coefficient (Wildman–Crippen LogP) is 4.80. The summed E-state index contributed by atoms with van der Waals surface area (Å²) >= 11 is 0.